The zero-order valence-electron chi connectivity index (χ0n) is 15.9. The maximum atomic E-state index is 5.87. The molecule has 1 aliphatic rings. The van der Waals surface area contributed by atoms with E-state index in [0.29, 0.717) is 18.2 Å². The van der Waals surface area contributed by atoms with Crippen molar-refractivity contribution in [2.24, 2.45) is 0 Å². The standard InChI is InChI=1S/C19H23ClN6O2/c1-11(2)17-18-12(9-14(24-17)23-13-6-7-21-19(20)26-13)22-15(25-18)10-28-16-5-3-4-8-27-16/h6-7,9,11,16H,3-5,8,10H2,1-2H3,(H,22,25)(H,21,23,24,26). The molecular weight excluding hydrogens is 380 g/mol. The fourth-order valence-electron chi connectivity index (χ4n) is 3.17. The van der Waals surface area contributed by atoms with E-state index in [1.54, 1.807) is 12.3 Å². The summed E-state index contributed by atoms with van der Waals surface area (Å²) in [4.78, 5) is 20.8. The largest absolute Gasteiger partial charge is 0.353 e. The quantitative estimate of drug-likeness (QED) is 0.592. The van der Waals surface area contributed by atoms with E-state index in [9.17, 15) is 0 Å². The van der Waals surface area contributed by atoms with E-state index in [1.165, 1.54) is 0 Å². The Labute approximate surface area is 168 Å². The Morgan fingerprint density at radius 2 is 2.18 bits per heavy atom. The van der Waals surface area contributed by atoms with E-state index in [0.717, 1.165) is 48.4 Å². The number of aromatic nitrogens is 5. The minimum Gasteiger partial charge on any atom is -0.353 e. The zero-order valence-corrected chi connectivity index (χ0v) is 16.7. The van der Waals surface area contributed by atoms with Gasteiger partial charge in [0.2, 0.25) is 5.28 Å². The summed E-state index contributed by atoms with van der Waals surface area (Å²) in [6.07, 6.45) is 4.60. The molecule has 3 aromatic rings. The van der Waals surface area contributed by atoms with Gasteiger partial charge in [-0.25, -0.2) is 19.9 Å². The van der Waals surface area contributed by atoms with Crippen LogP contribution in [0.3, 0.4) is 0 Å². The SMILES string of the molecule is CC(C)c1nc(Nc2ccnc(Cl)n2)cc2[nH]c(COC3CCCCO3)nc12. The predicted molar refractivity (Wildman–Crippen MR) is 107 cm³/mol. The molecule has 3 aromatic heterocycles. The first-order valence-corrected chi connectivity index (χ1v) is 9.84. The van der Waals surface area contributed by atoms with Crippen molar-refractivity contribution in [3.8, 4) is 0 Å². The average molecular weight is 403 g/mol. The molecule has 0 amide bonds. The highest BCUT2D eigenvalue weighted by Crippen LogP contribution is 2.27. The molecule has 1 aliphatic heterocycles. The minimum absolute atomic E-state index is 0.149. The molecule has 148 valence electrons. The lowest BCUT2D eigenvalue weighted by Gasteiger charge is -2.22. The summed E-state index contributed by atoms with van der Waals surface area (Å²) in [5, 5.41) is 3.36. The molecule has 4 rings (SSSR count). The molecule has 0 bridgehead atoms. The fourth-order valence-corrected chi connectivity index (χ4v) is 3.32. The Kier molecular flexibility index (Phi) is 5.70. The molecule has 9 heteroatoms. The van der Waals surface area contributed by atoms with Crippen molar-refractivity contribution in [2.45, 2.75) is 51.9 Å². The lowest BCUT2D eigenvalue weighted by atomic mass is 10.1. The van der Waals surface area contributed by atoms with Gasteiger partial charge in [-0.05, 0) is 42.8 Å². The molecule has 2 N–H and O–H groups in total. The Hall–Kier alpha value is -2.29. The molecule has 0 saturated carbocycles. The number of hydrogen-bond acceptors (Lipinski definition) is 7. The van der Waals surface area contributed by atoms with Gasteiger partial charge in [0, 0.05) is 18.9 Å². The Bertz CT molecular complexity index is 955. The van der Waals surface area contributed by atoms with E-state index < -0.39 is 0 Å². The van der Waals surface area contributed by atoms with Crippen molar-refractivity contribution in [1.29, 1.82) is 0 Å². The Morgan fingerprint density at radius 1 is 1.29 bits per heavy atom. The van der Waals surface area contributed by atoms with Gasteiger partial charge >= 0.3 is 0 Å². The van der Waals surface area contributed by atoms with Gasteiger partial charge in [0.25, 0.3) is 0 Å². The fraction of sp³-hybridized carbons (Fsp3) is 0.474. The normalized spacial score (nSPS) is 17.4. The summed E-state index contributed by atoms with van der Waals surface area (Å²) >= 11 is 5.87. The van der Waals surface area contributed by atoms with Gasteiger partial charge < -0.3 is 19.8 Å². The van der Waals surface area contributed by atoms with Crippen LogP contribution in [0.15, 0.2) is 18.3 Å². The molecule has 1 atom stereocenters. The van der Waals surface area contributed by atoms with Crippen LogP contribution in [0.2, 0.25) is 5.28 Å². The maximum absolute atomic E-state index is 5.87. The van der Waals surface area contributed by atoms with Gasteiger partial charge in [-0.15, -0.1) is 0 Å². The van der Waals surface area contributed by atoms with Crippen LogP contribution in [-0.2, 0) is 16.1 Å². The van der Waals surface area contributed by atoms with Gasteiger partial charge in [-0.1, -0.05) is 13.8 Å². The van der Waals surface area contributed by atoms with Crippen LogP contribution in [0.5, 0.6) is 0 Å². The summed E-state index contributed by atoms with van der Waals surface area (Å²) in [6.45, 7) is 5.32. The number of ether oxygens (including phenoxy) is 2. The summed E-state index contributed by atoms with van der Waals surface area (Å²) in [5.41, 5.74) is 2.64. The van der Waals surface area contributed by atoms with Crippen molar-refractivity contribution in [3.05, 3.63) is 35.1 Å². The first kappa shape index (κ1) is 19.0. The van der Waals surface area contributed by atoms with Gasteiger partial charge in [0.1, 0.15) is 29.6 Å². The highest BCUT2D eigenvalue weighted by Gasteiger charge is 2.17. The number of fused-ring (bicyclic) bond motifs is 1. The molecule has 4 heterocycles. The molecule has 0 aliphatic carbocycles. The van der Waals surface area contributed by atoms with Crippen molar-refractivity contribution in [1.82, 2.24) is 24.9 Å². The molecule has 1 saturated heterocycles. The number of aromatic amines is 1. The maximum Gasteiger partial charge on any atom is 0.224 e. The smallest absolute Gasteiger partial charge is 0.224 e. The van der Waals surface area contributed by atoms with Crippen LogP contribution < -0.4 is 5.32 Å². The number of pyridine rings is 1. The van der Waals surface area contributed by atoms with Crippen molar-refractivity contribution < 1.29 is 9.47 Å². The van der Waals surface area contributed by atoms with Crippen molar-refractivity contribution in [3.63, 3.8) is 0 Å². The zero-order chi connectivity index (χ0) is 19.5. The topological polar surface area (TPSA) is 97.8 Å². The van der Waals surface area contributed by atoms with E-state index in [1.807, 2.05) is 6.07 Å². The predicted octanol–water partition coefficient (Wildman–Crippen LogP) is 4.31. The molecule has 0 aromatic carbocycles. The van der Waals surface area contributed by atoms with Gasteiger partial charge in [0.05, 0.1) is 11.2 Å². The third kappa shape index (κ3) is 4.40. The van der Waals surface area contributed by atoms with E-state index in [-0.39, 0.29) is 17.5 Å². The monoisotopic (exact) mass is 402 g/mol. The molecule has 0 spiro atoms. The number of anilines is 2. The van der Waals surface area contributed by atoms with Crippen LogP contribution >= 0.6 is 11.6 Å². The second-order valence-electron chi connectivity index (χ2n) is 7.07. The first-order chi connectivity index (χ1) is 13.6. The summed E-state index contributed by atoms with van der Waals surface area (Å²) in [5.74, 6) is 2.21. The molecule has 28 heavy (non-hydrogen) atoms. The number of nitrogens with zero attached hydrogens (tertiary/aromatic N) is 4. The lowest BCUT2D eigenvalue weighted by Crippen LogP contribution is -2.22. The van der Waals surface area contributed by atoms with Crippen LogP contribution in [-0.4, -0.2) is 37.8 Å². The van der Waals surface area contributed by atoms with Gasteiger partial charge in [-0.2, -0.15) is 0 Å². The number of H-pyrrole nitrogens is 1. The Morgan fingerprint density at radius 3 is 2.93 bits per heavy atom. The summed E-state index contributed by atoms with van der Waals surface area (Å²) in [6, 6.07) is 3.65. The molecule has 0 radical (unpaired) electrons. The first-order valence-electron chi connectivity index (χ1n) is 9.47. The van der Waals surface area contributed by atoms with Crippen LogP contribution in [0, 0.1) is 0 Å². The van der Waals surface area contributed by atoms with E-state index >= 15 is 0 Å². The number of nitrogens with one attached hydrogen (secondary N) is 2. The number of rotatable bonds is 6. The summed E-state index contributed by atoms with van der Waals surface area (Å²) in [7, 11) is 0. The number of imidazole rings is 1. The lowest BCUT2D eigenvalue weighted by molar-refractivity contribution is -0.169. The van der Waals surface area contributed by atoms with Gasteiger partial charge in [0.15, 0.2) is 6.29 Å². The van der Waals surface area contributed by atoms with Crippen molar-refractivity contribution >= 4 is 34.3 Å². The van der Waals surface area contributed by atoms with Gasteiger partial charge in [-0.3, -0.25) is 0 Å². The highest BCUT2D eigenvalue weighted by molar-refractivity contribution is 6.28. The molecule has 8 nitrogen and oxygen atoms in total. The van der Waals surface area contributed by atoms with Crippen LogP contribution in [0.1, 0.15) is 50.5 Å². The van der Waals surface area contributed by atoms with E-state index in [4.69, 9.17) is 31.0 Å². The summed E-state index contributed by atoms with van der Waals surface area (Å²) < 4.78 is 11.5. The third-order valence-corrected chi connectivity index (χ3v) is 4.70. The van der Waals surface area contributed by atoms with Crippen LogP contribution in [0.25, 0.3) is 11.0 Å². The van der Waals surface area contributed by atoms with Crippen LogP contribution in [0.4, 0.5) is 11.6 Å². The second kappa shape index (κ2) is 8.38. The molecule has 1 fully saturated rings. The van der Waals surface area contributed by atoms with E-state index in [2.05, 4.69) is 34.1 Å². The Balaban J connectivity index is 1.58. The minimum atomic E-state index is -0.149. The highest BCUT2D eigenvalue weighted by atomic mass is 35.5. The molecular formula is C19H23ClN6O2. The van der Waals surface area contributed by atoms with Crippen molar-refractivity contribution in [2.75, 3.05) is 11.9 Å². The third-order valence-electron chi connectivity index (χ3n) is 4.52. The second-order valence-corrected chi connectivity index (χ2v) is 7.41. The number of halogens is 1. The molecule has 1 unspecified atom stereocenters. The number of hydrogen-bond donors (Lipinski definition) is 2. The average Bonchev–Trinajstić information content (AvgIpc) is 3.09.